The van der Waals surface area contributed by atoms with Gasteiger partial charge in [-0.1, -0.05) is 6.42 Å². The standard InChI is InChI=1S/C19H27N3O3.ClH/c1-25-17-9-8-14(11-16(17)22-10-3-2-7-18(22)23)21-19(24)15-6-4-5-13(15)12-20;/h8-9,11,13,15H,2-7,10,12,20H2,1H3,(H,21,24);1H/t13-,15-;/m1./s1. The maximum Gasteiger partial charge on any atom is 0.227 e. The van der Waals surface area contributed by atoms with Gasteiger partial charge in [0.1, 0.15) is 5.75 Å². The van der Waals surface area contributed by atoms with Crippen molar-refractivity contribution in [2.24, 2.45) is 17.6 Å². The number of hydrogen-bond donors (Lipinski definition) is 2. The van der Waals surface area contributed by atoms with Gasteiger partial charge >= 0.3 is 0 Å². The van der Waals surface area contributed by atoms with Crippen LogP contribution in [-0.4, -0.2) is 32.0 Å². The largest absolute Gasteiger partial charge is 0.495 e. The first-order valence-corrected chi connectivity index (χ1v) is 9.13. The summed E-state index contributed by atoms with van der Waals surface area (Å²) in [6, 6.07) is 5.47. The summed E-state index contributed by atoms with van der Waals surface area (Å²) in [6.07, 6.45) is 5.42. The lowest BCUT2D eigenvalue weighted by molar-refractivity contribution is -0.121. The highest BCUT2D eigenvalue weighted by atomic mass is 35.5. The monoisotopic (exact) mass is 381 g/mol. The molecular formula is C19H28ClN3O3. The third-order valence-corrected chi connectivity index (χ3v) is 5.36. The fourth-order valence-corrected chi connectivity index (χ4v) is 3.94. The Morgan fingerprint density at radius 3 is 2.81 bits per heavy atom. The van der Waals surface area contributed by atoms with Gasteiger partial charge in [0, 0.05) is 24.6 Å². The molecule has 0 spiro atoms. The Labute approximate surface area is 160 Å². The number of carbonyl (C=O) groups excluding carboxylic acids is 2. The first-order valence-electron chi connectivity index (χ1n) is 9.13. The third kappa shape index (κ3) is 4.30. The van der Waals surface area contributed by atoms with E-state index in [1.165, 1.54) is 0 Å². The molecule has 7 heteroatoms. The van der Waals surface area contributed by atoms with Crippen molar-refractivity contribution in [2.75, 3.05) is 30.4 Å². The molecule has 3 N–H and O–H groups in total. The molecule has 1 heterocycles. The summed E-state index contributed by atoms with van der Waals surface area (Å²) in [5.41, 5.74) is 7.21. The Kier molecular flexibility index (Phi) is 7.29. The number of benzene rings is 1. The fraction of sp³-hybridized carbons (Fsp3) is 0.579. The number of nitrogens with two attached hydrogens (primary N) is 1. The molecule has 0 radical (unpaired) electrons. The Morgan fingerprint density at radius 2 is 2.12 bits per heavy atom. The highest BCUT2D eigenvalue weighted by molar-refractivity contribution is 5.98. The SMILES string of the molecule is COc1ccc(NC(=O)[C@@H]2CCC[C@@H]2CN)cc1N1CCCCC1=O.Cl. The number of nitrogens with zero attached hydrogens (tertiary/aromatic N) is 1. The second-order valence-electron chi connectivity index (χ2n) is 6.91. The minimum absolute atomic E-state index is 0. The molecule has 1 saturated heterocycles. The quantitative estimate of drug-likeness (QED) is 0.821. The van der Waals surface area contributed by atoms with Gasteiger partial charge < -0.3 is 20.7 Å². The molecule has 26 heavy (non-hydrogen) atoms. The number of rotatable bonds is 5. The van der Waals surface area contributed by atoms with Crippen molar-refractivity contribution in [1.29, 1.82) is 0 Å². The van der Waals surface area contributed by atoms with Gasteiger partial charge in [-0.15, -0.1) is 12.4 Å². The molecule has 0 aromatic heterocycles. The molecule has 3 rings (SSSR count). The van der Waals surface area contributed by atoms with Crippen molar-refractivity contribution >= 4 is 35.6 Å². The molecule has 2 atom stereocenters. The van der Waals surface area contributed by atoms with Crippen LogP contribution in [0.5, 0.6) is 5.75 Å². The van der Waals surface area contributed by atoms with Gasteiger partial charge in [0.2, 0.25) is 11.8 Å². The lowest BCUT2D eigenvalue weighted by Crippen LogP contribution is -2.35. The van der Waals surface area contributed by atoms with Crippen LogP contribution in [0.3, 0.4) is 0 Å². The molecule has 2 amide bonds. The number of carbonyl (C=O) groups is 2. The number of hydrogen-bond acceptors (Lipinski definition) is 4. The van der Waals surface area contributed by atoms with Gasteiger partial charge in [-0.25, -0.2) is 0 Å². The van der Waals surface area contributed by atoms with E-state index in [-0.39, 0.29) is 36.1 Å². The van der Waals surface area contributed by atoms with E-state index in [9.17, 15) is 9.59 Å². The smallest absolute Gasteiger partial charge is 0.227 e. The molecule has 2 aliphatic rings. The summed E-state index contributed by atoms with van der Waals surface area (Å²) in [5.74, 6) is 1.02. The fourth-order valence-electron chi connectivity index (χ4n) is 3.94. The van der Waals surface area contributed by atoms with E-state index in [0.717, 1.165) is 37.8 Å². The van der Waals surface area contributed by atoms with Gasteiger partial charge in [-0.2, -0.15) is 0 Å². The summed E-state index contributed by atoms with van der Waals surface area (Å²) >= 11 is 0. The average molecular weight is 382 g/mol. The molecule has 0 unspecified atom stereocenters. The van der Waals surface area contributed by atoms with Crippen molar-refractivity contribution in [1.82, 2.24) is 0 Å². The summed E-state index contributed by atoms with van der Waals surface area (Å²) < 4.78 is 5.42. The van der Waals surface area contributed by atoms with E-state index in [4.69, 9.17) is 10.5 Å². The molecule has 6 nitrogen and oxygen atoms in total. The van der Waals surface area contributed by atoms with E-state index in [0.29, 0.717) is 30.9 Å². The third-order valence-electron chi connectivity index (χ3n) is 5.36. The van der Waals surface area contributed by atoms with Crippen molar-refractivity contribution in [3.8, 4) is 5.75 Å². The van der Waals surface area contributed by atoms with Crippen LogP contribution in [0.25, 0.3) is 0 Å². The van der Waals surface area contributed by atoms with Crippen LogP contribution in [0.15, 0.2) is 18.2 Å². The van der Waals surface area contributed by atoms with Crippen LogP contribution >= 0.6 is 12.4 Å². The van der Waals surface area contributed by atoms with Crippen molar-refractivity contribution in [3.05, 3.63) is 18.2 Å². The van der Waals surface area contributed by atoms with E-state index in [2.05, 4.69) is 5.32 Å². The average Bonchev–Trinajstić information content (AvgIpc) is 3.11. The molecule has 144 valence electrons. The summed E-state index contributed by atoms with van der Waals surface area (Å²) in [7, 11) is 1.59. The maximum atomic E-state index is 12.6. The van der Waals surface area contributed by atoms with Crippen LogP contribution < -0.4 is 20.7 Å². The van der Waals surface area contributed by atoms with Crippen molar-refractivity contribution < 1.29 is 14.3 Å². The maximum absolute atomic E-state index is 12.6. The van der Waals surface area contributed by atoms with E-state index >= 15 is 0 Å². The Morgan fingerprint density at radius 1 is 1.31 bits per heavy atom. The second-order valence-corrected chi connectivity index (χ2v) is 6.91. The molecule has 1 aromatic rings. The minimum atomic E-state index is -0.0211. The topological polar surface area (TPSA) is 84.7 Å². The molecule has 2 fully saturated rings. The first-order chi connectivity index (χ1) is 12.1. The molecule has 1 aliphatic carbocycles. The van der Waals surface area contributed by atoms with Crippen LogP contribution in [-0.2, 0) is 9.59 Å². The number of anilines is 2. The lowest BCUT2D eigenvalue weighted by atomic mass is 9.95. The highest BCUT2D eigenvalue weighted by Gasteiger charge is 2.32. The number of piperidine rings is 1. The zero-order valence-corrected chi connectivity index (χ0v) is 16.0. The van der Waals surface area contributed by atoms with Gasteiger partial charge in [0.15, 0.2) is 0 Å². The zero-order valence-electron chi connectivity index (χ0n) is 15.2. The Hall–Kier alpha value is -1.79. The predicted molar refractivity (Wildman–Crippen MR) is 105 cm³/mol. The van der Waals surface area contributed by atoms with Gasteiger partial charge in [0.05, 0.1) is 12.8 Å². The van der Waals surface area contributed by atoms with Crippen LogP contribution in [0.4, 0.5) is 11.4 Å². The van der Waals surface area contributed by atoms with E-state index in [1.54, 1.807) is 12.0 Å². The van der Waals surface area contributed by atoms with Crippen molar-refractivity contribution in [3.63, 3.8) is 0 Å². The summed E-state index contributed by atoms with van der Waals surface area (Å²) in [4.78, 5) is 26.6. The highest BCUT2D eigenvalue weighted by Crippen LogP contribution is 2.35. The Balaban J connectivity index is 0.00000243. The number of amides is 2. The zero-order chi connectivity index (χ0) is 17.8. The number of methoxy groups -OCH3 is 1. The van der Waals surface area contributed by atoms with Gasteiger partial charge in [0.25, 0.3) is 0 Å². The second kappa shape index (κ2) is 9.24. The normalized spacial score (nSPS) is 22.7. The van der Waals surface area contributed by atoms with Gasteiger partial charge in [-0.05, 0) is 56.3 Å². The molecule has 1 aromatic carbocycles. The molecule has 0 bridgehead atoms. The molecule has 1 aliphatic heterocycles. The predicted octanol–water partition coefficient (Wildman–Crippen LogP) is 2.95. The molecule has 1 saturated carbocycles. The van der Waals surface area contributed by atoms with Crippen LogP contribution in [0.1, 0.15) is 38.5 Å². The van der Waals surface area contributed by atoms with Crippen LogP contribution in [0, 0.1) is 11.8 Å². The summed E-state index contributed by atoms with van der Waals surface area (Å²) in [6.45, 7) is 1.23. The minimum Gasteiger partial charge on any atom is -0.495 e. The van der Waals surface area contributed by atoms with Crippen LogP contribution in [0.2, 0.25) is 0 Å². The van der Waals surface area contributed by atoms with Gasteiger partial charge in [-0.3, -0.25) is 9.59 Å². The Bertz CT molecular complexity index is 653. The number of ether oxygens (including phenoxy) is 1. The first kappa shape index (κ1) is 20.5. The lowest BCUT2D eigenvalue weighted by Gasteiger charge is -2.28. The number of halogens is 1. The summed E-state index contributed by atoms with van der Waals surface area (Å²) in [5, 5.41) is 3.01. The van der Waals surface area contributed by atoms with E-state index in [1.807, 2.05) is 18.2 Å². The number of nitrogens with one attached hydrogen (secondary N) is 1. The van der Waals surface area contributed by atoms with E-state index < -0.39 is 0 Å². The molecular weight excluding hydrogens is 354 g/mol. The van der Waals surface area contributed by atoms with Crippen molar-refractivity contribution in [2.45, 2.75) is 38.5 Å².